The van der Waals surface area contributed by atoms with Crippen molar-refractivity contribution in [3.63, 3.8) is 0 Å². The highest BCUT2D eigenvalue weighted by Gasteiger charge is 2.10. The summed E-state index contributed by atoms with van der Waals surface area (Å²) in [5.74, 6) is 0.0136. The maximum Gasteiger partial charge on any atom is 0.226 e. The zero-order valence-corrected chi connectivity index (χ0v) is 12.8. The first-order chi connectivity index (χ1) is 10.6. The molecule has 0 radical (unpaired) electrons. The summed E-state index contributed by atoms with van der Waals surface area (Å²) in [6, 6.07) is 14.4. The summed E-state index contributed by atoms with van der Waals surface area (Å²) in [7, 11) is 1.86. The Labute approximate surface area is 129 Å². The minimum absolute atomic E-state index is 0.0136. The molecule has 0 aliphatic rings. The second-order valence-electron chi connectivity index (χ2n) is 5.49. The highest BCUT2D eigenvalue weighted by Crippen LogP contribution is 2.18. The quantitative estimate of drug-likeness (QED) is 0.804. The standard InChI is InChI=1S/C18H19N3O/c1-13-11-20-21(2)17(13)10-18(22)19-12-15-8-5-7-14-6-3-4-9-16(14)15/h3-9,11H,10,12H2,1-2H3,(H,19,22). The normalized spacial score (nSPS) is 10.8. The number of rotatable bonds is 4. The first-order valence-electron chi connectivity index (χ1n) is 7.36. The first kappa shape index (κ1) is 14.3. The lowest BCUT2D eigenvalue weighted by molar-refractivity contribution is -0.120. The van der Waals surface area contributed by atoms with Crippen LogP contribution in [0.25, 0.3) is 10.8 Å². The molecule has 0 bridgehead atoms. The van der Waals surface area contributed by atoms with Crippen molar-refractivity contribution in [3.05, 3.63) is 65.5 Å². The number of fused-ring (bicyclic) bond motifs is 1. The Morgan fingerprint density at radius 2 is 1.95 bits per heavy atom. The number of hydrogen-bond donors (Lipinski definition) is 1. The Balaban J connectivity index is 1.70. The summed E-state index contributed by atoms with van der Waals surface area (Å²) in [4.78, 5) is 12.2. The molecule has 0 unspecified atom stereocenters. The van der Waals surface area contributed by atoms with E-state index in [9.17, 15) is 4.79 Å². The van der Waals surface area contributed by atoms with Gasteiger partial charge in [0.25, 0.3) is 0 Å². The molecule has 1 N–H and O–H groups in total. The molecule has 4 nitrogen and oxygen atoms in total. The average Bonchev–Trinajstić information content (AvgIpc) is 2.85. The molecule has 0 spiro atoms. The number of benzene rings is 2. The number of carbonyl (C=O) groups excluding carboxylic acids is 1. The Hall–Kier alpha value is -2.62. The van der Waals surface area contributed by atoms with Gasteiger partial charge in [0.05, 0.1) is 18.3 Å². The highest BCUT2D eigenvalue weighted by atomic mass is 16.1. The molecule has 0 aliphatic carbocycles. The van der Waals surface area contributed by atoms with Crippen molar-refractivity contribution in [1.29, 1.82) is 0 Å². The van der Waals surface area contributed by atoms with Crippen LogP contribution in [0.1, 0.15) is 16.8 Å². The molecule has 0 fully saturated rings. The minimum Gasteiger partial charge on any atom is -0.352 e. The highest BCUT2D eigenvalue weighted by molar-refractivity contribution is 5.86. The molecule has 112 valence electrons. The number of amides is 1. The minimum atomic E-state index is 0.0136. The van der Waals surface area contributed by atoms with Gasteiger partial charge >= 0.3 is 0 Å². The van der Waals surface area contributed by atoms with E-state index in [1.807, 2.05) is 32.2 Å². The van der Waals surface area contributed by atoms with Crippen molar-refractivity contribution >= 4 is 16.7 Å². The van der Waals surface area contributed by atoms with Crippen LogP contribution in [0.15, 0.2) is 48.7 Å². The van der Waals surface area contributed by atoms with Gasteiger partial charge in [0.1, 0.15) is 0 Å². The lowest BCUT2D eigenvalue weighted by Crippen LogP contribution is -2.25. The van der Waals surface area contributed by atoms with E-state index in [-0.39, 0.29) is 5.91 Å². The SMILES string of the molecule is Cc1cnn(C)c1CC(=O)NCc1cccc2ccccc12. The first-order valence-corrected chi connectivity index (χ1v) is 7.36. The molecule has 1 aromatic heterocycles. The van der Waals surface area contributed by atoms with Crippen LogP contribution in [0, 0.1) is 6.92 Å². The van der Waals surface area contributed by atoms with Gasteiger partial charge in [-0.3, -0.25) is 9.48 Å². The van der Waals surface area contributed by atoms with E-state index < -0.39 is 0 Å². The van der Waals surface area contributed by atoms with E-state index in [1.54, 1.807) is 10.9 Å². The Morgan fingerprint density at radius 3 is 2.73 bits per heavy atom. The predicted molar refractivity (Wildman–Crippen MR) is 87.4 cm³/mol. The van der Waals surface area contributed by atoms with Crippen LogP contribution in [0.5, 0.6) is 0 Å². The van der Waals surface area contributed by atoms with Crippen LogP contribution in [-0.4, -0.2) is 15.7 Å². The molecule has 3 aromatic rings. The van der Waals surface area contributed by atoms with Crippen LogP contribution >= 0.6 is 0 Å². The summed E-state index contributed by atoms with van der Waals surface area (Å²) >= 11 is 0. The van der Waals surface area contributed by atoms with E-state index in [4.69, 9.17) is 0 Å². The molecule has 2 aromatic carbocycles. The third-order valence-electron chi connectivity index (χ3n) is 3.95. The fourth-order valence-electron chi connectivity index (χ4n) is 2.68. The number of carbonyl (C=O) groups is 1. The fraction of sp³-hybridized carbons (Fsp3) is 0.222. The zero-order chi connectivity index (χ0) is 15.5. The van der Waals surface area contributed by atoms with Crippen molar-refractivity contribution in [3.8, 4) is 0 Å². The lowest BCUT2D eigenvalue weighted by atomic mass is 10.0. The Morgan fingerprint density at radius 1 is 1.18 bits per heavy atom. The molecular weight excluding hydrogens is 274 g/mol. The smallest absolute Gasteiger partial charge is 0.226 e. The van der Waals surface area contributed by atoms with Gasteiger partial charge in [0.2, 0.25) is 5.91 Å². The van der Waals surface area contributed by atoms with E-state index in [2.05, 4.69) is 34.7 Å². The van der Waals surface area contributed by atoms with Crippen LogP contribution < -0.4 is 5.32 Å². The summed E-state index contributed by atoms with van der Waals surface area (Å²) in [6.45, 7) is 2.51. The third kappa shape index (κ3) is 2.86. The molecule has 4 heteroatoms. The molecule has 3 rings (SSSR count). The van der Waals surface area contributed by atoms with Gasteiger partial charge in [0, 0.05) is 13.6 Å². The van der Waals surface area contributed by atoms with Crippen molar-refractivity contribution < 1.29 is 4.79 Å². The fourth-order valence-corrected chi connectivity index (χ4v) is 2.68. The van der Waals surface area contributed by atoms with Crippen molar-refractivity contribution in [2.75, 3.05) is 0 Å². The summed E-state index contributed by atoms with van der Waals surface area (Å²) in [6.07, 6.45) is 2.14. The largest absolute Gasteiger partial charge is 0.352 e. The summed E-state index contributed by atoms with van der Waals surface area (Å²) < 4.78 is 1.76. The molecule has 0 aliphatic heterocycles. The maximum atomic E-state index is 12.2. The molecule has 0 saturated carbocycles. The number of aromatic nitrogens is 2. The lowest BCUT2D eigenvalue weighted by Gasteiger charge is -2.09. The van der Waals surface area contributed by atoms with E-state index >= 15 is 0 Å². The third-order valence-corrected chi connectivity index (χ3v) is 3.95. The number of aryl methyl sites for hydroxylation is 2. The number of nitrogens with one attached hydrogen (secondary N) is 1. The topological polar surface area (TPSA) is 46.9 Å². The van der Waals surface area contributed by atoms with Gasteiger partial charge in [-0.25, -0.2) is 0 Å². The molecule has 1 amide bonds. The van der Waals surface area contributed by atoms with E-state index in [0.717, 1.165) is 16.8 Å². The Bertz CT molecular complexity index is 795. The van der Waals surface area contributed by atoms with Gasteiger partial charge in [0.15, 0.2) is 0 Å². The second-order valence-corrected chi connectivity index (χ2v) is 5.49. The number of nitrogens with zero attached hydrogens (tertiary/aromatic N) is 2. The molecule has 1 heterocycles. The van der Waals surface area contributed by atoms with Crippen LogP contribution in [0.3, 0.4) is 0 Å². The van der Waals surface area contributed by atoms with Gasteiger partial charge in [-0.05, 0) is 28.8 Å². The molecule has 0 atom stereocenters. The predicted octanol–water partition coefficient (Wildman–Crippen LogP) is 2.74. The van der Waals surface area contributed by atoms with Crippen LogP contribution in [0.4, 0.5) is 0 Å². The van der Waals surface area contributed by atoms with E-state index in [1.165, 1.54) is 10.8 Å². The second kappa shape index (κ2) is 6.02. The van der Waals surface area contributed by atoms with Gasteiger partial charge in [-0.15, -0.1) is 0 Å². The monoisotopic (exact) mass is 293 g/mol. The Kier molecular flexibility index (Phi) is 3.92. The van der Waals surface area contributed by atoms with Crippen LogP contribution in [0.2, 0.25) is 0 Å². The maximum absolute atomic E-state index is 12.2. The van der Waals surface area contributed by atoms with Gasteiger partial charge < -0.3 is 5.32 Å². The average molecular weight is 293 g/mol. The van der Waals surface area contributed by atoms with Gasteiger partial charge in [-0.2, -0.15) is 5.10 Å². The van der Waals surface area contributed by atoms with Crippen molar-refractivity contribution in [2.24, 2.45) is 7.05 Å². The molecular formula is C18H19N3O. The number of hydrogen-bond acceptors (Lipinski definition) is 2. The molecule has 22 heavy (non-hydrogen) atoms. The summed E-state index contributed by atoms with van der Waals surface area (Å²) in [5, 5.41) is 9.54. The van der Waals surface area contributed by atoms with Crippen molar-refractivity contribution in [1.82, 2.24) is 15.1 Å². The molecule has 0 saturated heterocycles. The van der Waals surface area contributed by atoms with Gasteiger partial charge in [-0.1, -0.05) is 42.5 Å². The zero-order valence-electron chi connectivity index (χ0n) is 12.8. The van der Waals surface area contributed by atoms with Crippen molar-refractivity contribution in [2.45, 2.75) is 19.9 Å². The summed E-state index contributed by atoms with van der Waals surface area (Å²) in [5.41, 5.74) is 3.13. The van der Waals surface area contributed by atoms with E-state index in [0.29, 0.717) is 13.0 Å². The van der Waals surface area contributed by atoms with Crippen LogP contribution in [-0.2, 0) is 24.8 Å².